The molecular formula is C18H25N5O3. The molecule has 0 fully saturated rings. The zero-order chi connectivity index (χ0) is 19.1. The van der Waals surface area contributed by atoms with Gasteiger partial charge >= 0.3 is 5.97 Å². The number of carbonyl (C=O) groups excluding carboxylic acids is 1. The van der Waals surface area contributed by atoms with E-state index in [2.05, 4.69) is 21.9 Å². The number of aromatic nitrogens is 3. The van der Waals surface area contributed by atoms with Gasteiger partial charge in [-0.05, 0) is 37.6 Å². The summed E-state index contributed by atoms with van der Waals surface area (Å²) in [6.45, 7) is 4.45. The van der Waals surface area contributed by atoms with Gasteiger partial charge in [-0.15, -0.1) is 0 Å². The Bertz CT molecular complexity index is 734. The number of ether oxygens (including phenoxy) is 2. The number of nitrogens with zero attached hydrogens (tertiary/aromatic N) is 4. The Labute approximate surface area is 153 Å². The molecule has 8 heteroatoms. The number of esters is 1. The summed E-state index contributed by atoms with van der Waals surface area (Å²) in [6.07, 6.45) is 1.40. The molecule has 1 atom stereocenters. The summed E-state index contributed by atoms with van der Waals surface area (Å²) in [6, 6.07) is 6.84. The van der Waals surface area contributed by atoms with Gasteiger partial charge in [0.2, 0.25) is 11.9 Å². The normalized spacial score (nSPS) is 11.7. The van der Waals surface area contributed by atoms with Crippen LogP contribution in [0.2, 0.25) is 0 Å². The van der Waals surface area contributed by atoms with E-state index < -0.39 is 12.1 Å². The summed E-state index contributed by atoms with van der Waals surface area (Å²) in [4.78, 5) is 26.4. The van der Waals surface area contributed by atoms with Gasteiger partial charge in [0.15, 0.2) is 11.9 Å². The molecule has 2 N–H and O–H groups in total. The highest BCUT2D eigenvalue weighted by molar-refractivity contribution is 5.89. The summed E-state index contributed by atoms with van der Waals surface area (Å²) >= 11 is 0. The third-order valence-electron chi connectivity index (χ3n) is 3.56. The standard InChI is InChI=1S/C18H25N5O3/c1-5-6-11-25-14-9-7-13(8-10-14)16(24)26-12(2)15-20-17(19)22-18(21-15)23(3)4/h7-10,12H,5-6,11H2,1-4H3,(H2,19,20,21,22). The molecule has 1 heterocycles. The lowest BCUT2D eigenvalue weighted by Gasteiger charge is -2.15. The van der Waals surface area contributed by atoms with E-state index in [9.17, 15) is 4.79 Å². The fourth-order valence-corrected chi connectivity index (χ4v) is 2.08. The Hall–Kier alpha value is -2.90. The van der Waals surface area contributed by atoms with Crippen LogP contribution in [0.4, 0.5) is 11.9 Å². The Morgan fingerprint density at radius 1 is 1.19 bits per heavy atom. The highest BCUT2D eigenvalue weighted by Gasteiger charge is 2.18. The minimum atomic E-state index is -0.660. The summed E-state index contributed by atoms with van der Waals surface area (Å²) in [7, 11) is 3.58. The average Bonchev–Trinajstić information content (AvgIpc) is 2.61. The van der Waals surface area contributed by atoms with Crippen molar-refractivity contribution in [3.63, 3.8) is 0 Å². The van der Waals surface area contributed by atoms with Crippen molar-refractivity contribution in [2.45, 2.75) is 32.8 Å². The second-order valence-corrected chi connectivity index (χ2v) is 6.02. The first-order valence-corrected chi connectivity index (χ1v) is 8.53. The molecule has 2 rings (SSSR count). The van der Waals surface area contributed by atoms with Gasteiger partial charge in [-0.1, -0.05) is 13.3 Å². The van der Waals surface area contributed by atoms with E-state index in [-0.39, 0.29) is 5.95 Å². The molecule has 8 nitrogen and oxygen atoms in total. The van der Waals surface area contributed by atoms with Crippen LogP contribution < -0.4 is 15.4 Å². The molecule has 0 aliphatic rings. The molecule has 1 aromatic heterocycles. The fourth-order valence-electron chi connectivity index (χ4n) is 2.08. The Morgan fingerprint density at radius 2 is 1.88 bits per heavy atom. The van der Waals surface area contributed by atoms with Crippen molar-refractivity contribution < 1.29 is 14.3 Å². The first-order chi connectivity index (χ1) is 12.4. The lowest BCUT2D eigenvalue weighted by atomic mass is 10.2. The van der Waals surface area contributed by atoms with Crippen molar-refractivity contribution in [3.05, 3.63) is 35.7 Å². The van der Waals surface area contributed by atoms with E-state index in [1.807, 2.05) is 0 Å². The smallest absolute Gasteiger partial charge is 0.338 e. The topological polar surface area (TPSA) is 103 Å². The first-order valence-electron chi connectivity index (χ1n) is 8.53. The van der Waals surface area contributed by atoms with Crippen molar-refractivity contribution in [2.24, 2.45) is 0 Å². The molecule has 1 aromatic carbocycles. The number of nitrogen functional groups attached to an aromatic ring is 1. The summed E-state index contributed by atoms with van der Waals surface area (Å²) in [5.41, 5.74) is 6.13. The highest BCUT2D eigenvalue weighted by atomic mass is 16.5. The molecule has 0 saturated carbocycles. The molecule has 0 bridgehead atoms. The molecule has 2 aromatic rings. The van der Waals surface area contributed by atoms with Crippen molar-refractivity contribution in [1.29, 1.82) is 0 Å². The van der Waals surface area contributed by atoms with Crippen LogP contribution in [-0.2, 0) is 4.74 Å². The number of benzene rings is 1. The molecule has 140 valence electrons. The second kappa shape index (κ2) is 8.98. The maximum atomic E-state index is 12.3. The third kappa shape index (κ3) is 5.30. The van der Waals surface area contributed by atoms with E-state index in [1.165, 1.54) is 0 Å². The van der Waals surface area contributed by atoms with E-state index in [1.54, 1.807) is 50.2 Å². The van der Waals surface area contributed by atoms with E-state index in [0.717, 1.165) is 18.6 Å². The number of hydrogen-bond acceptors (Lipinski definition) is 8. The molecule has 1 unspecified atom stereocenters. The number of nitrogens with two attached hydrogens (primary N) is 1. The zero-order valence-corrected chi connectivity index (χ0v) is 15.6. The van der Waals surface area contributed by atoms with Crippen LogP contribution in [0.25, 0.3) is 0 Å². The van der Waals surface area contributed by atoms with Crippen LogP contribution in [0.1, 0.15) is 49.0 Å². The third-order valence-corrected chi connectivity index (χ3v) is 3.56. The monoisotopic (exact) mass is 359 g/mol. The van der Waals surface area contributed by atoms with Crippen molar-refractivity contribution in [1.82, 2.24) is 15.0 Å². The number of anilines is 2. The van der Waals surface area contributed by atoms with E-state index in [0.29, 0.717) is 23.9 Å². The average molecular weight is 359 g/mol. The summed E-state index contributed by atoms with van der Waals surface area (Å²) in [5, 5.41) is 0. The van der Waals surface area contributed by atoms with Crippen LogP contribution >= 0.6 is 0 Å². The quantitative estimate of drug-likeness (QED) is 0.567. The molecule has 0 aliphatic carbocycles. The van der Waals surface area contributed by atoms with E-state index in [4.69, 9.17) is 15.2 Å². The van der Waals surface area contributed by atoms with Gasteiger partial charge in [0.05, 0.1) is 12.2 Å². The molecule has 0 radical (unpaired) electrons. The number of unbranched alkanes of at least 4 members (excludes halogenated alkanes) is 1. The fraction of sp³-hybridized carbons (Fsp3) is 0.444. The lowest BCUT2D eigenvalue weighted by Crippen LogP contribution is -2.18. The maximum absolute atomic E-state index is 12.3. The zero-order valence-electron chi connectivity index (χ0n) is 15.6. The molecule has 0 amide bonds. The van der Waals surface area contributed by atoms with Crippen molar-refractivity contribution in [3.8, 4) is 5.75 Å². The van der Waals surface area contributed by atoms with Gasteiger partial charge in [0.25, 0.3) is 0 Å². The predicted octanol–water partition coefficient (Wildman–Crippen LogP) is 2.62. The van der Waals surface area contributed by atoms with Crippen LogP contribution in [0.15, 0.2) is 24.3 Å². The summed E-state index contributed by atoms with van der Waals surface area (Å²) < 4.78 is 11.0. The minimum absolute atomic E-state index is 0.0789. The number of hydrogen-bond donors (Lipinski definition) is 1. The second-order valence-electron chi connectivity index (χ2n) is 6.02. The number of rotatable bonds is 8. The van der Waals surface area contributed by atoms with Gasteiger partial charge in [0.1, 0.15) is 5.75 Å². The highest BCUT2D eigenvalue weighted by Crippen LogP contribution is 2.19. The van der Waals surface area contributed by atoms with Crippen LogP contribution in [0.5, 0.6) is 5.75 Å². The molecular weight excluding hydrogens is 334 g/mol. The van der Waals surface area contributed by atoms with Crippen LogP contribution in [-0.4, -0.2) is 41.6 Å². The van der Waals surface area contributed by atoms with Gasteiger partial charge in [-0.3, -0.25) is 0 Å². The largest absolute Gasteiger partial charge is 0.494 e. The van der Waals surface area contributed by atoms with E-state index >= 15 is 0 Å². The molecule has 26 heavy (non-hydrogen) atoms. The van der Waals surface area contributed by atoms with Gasteiger partial charge in [-0.2, -0.15) is 15.0 Å². The Morgan fingerprint density at radius 3 is 2.50 bits per heavy atom. The first kappa shape index (κ1) is 19.4. The molecule has 0 spiro atoms. The summed E-state index contributed by atoms with van der Waals surface area (Å²) in [5.74, 6) is 1.04. The van der Waals surface area contributed by atoms with Crippen molar-refractivity contribution in [2.75, 3.05) is 31.3 Å². The molecule has 0 aliphatic heterocycles. The predicted molar refractivity (Wildman–Crippen MR) is 99.2 cm³/mol. The lowest BCUT2D eigenvalue weighted by molar-refractivity contribution is 0.0319. The van der Waals surface area contributed by atoms with Crippen LogP contribution in [0, 0.1) is 0 Å². The maximum Gasteiger partial charge on any atom is 0.338 e. The van der Waals surface area contributed by atoms with Crippen molar-refractivity contribution >= 4 is 17.9 Å². The molecule has 0 saturated heterocycles. The Balaban J connectivity index is 2.02. The van der Waals surface area contributed by atoms with Gasteiger partial charge in [0, 0.05) is 14.1 Å². The SMILES string of the molecule is CCCCOc1ccc(C(=O)OC(C)c2nc(N)nc(N(C)C)n2)cc1. The Kier molecular flexibility index (Phi) is 6.71. The van der Waals surface area contributed by atoms with Gasteiger partial charge < -0.3 is 20.1 Å². The van der Waals surface area contributed by atoms with Crippen LogP contribution in [0.3, 0.4) is 0 Å². The van der Waals surface area contributed by atoms with Gasteiger partial charge in [-0.25, -0.2) is 4.79 Å². The number of carbonyl (C=O) groups is 1. The minimum Gasteiger partial charge on any atom is -0.494 e.